The highest BCUT2D eigenvalue weighted by Gasteiger charge is 2.83. The molecule has 3 aliphatic rings. The molecule has 0 N–H and O–H groups in total. The van der Waals surface area contributed by atoms with Crippen molar-refractivity contribution in [2.24, 2.45) is 11.3 Å². The highest BCUT2D eigenvalue weighted by atomic mass is 16.5. The van der Waals surface area contributed by atoms with Gasteiger partial charge < -0.3 is 14.4 Å². The van der Waals surface area contributed by atoms with E-state index in [0.29, 0.717) is 13.0 Å². The van der Waals surface area contributed by atoms with Crippen molar-refractivity contribution in [1.29, 1.82) is 0 Å². The topological polar surface area (TPSA) is 55.8 Å². The maximum Gasteiger partial charge on any atom is 0.321 e. The summed E-state index contributed by atoms with van der Waals surface area (Å²) in [4.78, 5) is 26.7. The van der Waals surface area contributed by atoms with E-state index in [-0.39, 0.29) is 17.9 Å². The van der Waals surface area contributed by atoms with Crippen LogP contribution in [-0.4, -0.2) is 36.2 Å². The Morgan fingerprint density at radius 2 is 2.10 bits per heavy atom. The number of hydrogen-bond acceptors (Lipinski definition) is 4. The molecule has 110 valence electrons. The molecule has 1 aromatic carbocycles. The monoisotopic (exact) mass is 287 g/mol. The molecular formula is C16H17NO4. The Morgan fingerprint density at radius 1 is 1.38 bits per heavy atom. The zero-order valence-electron chi connectivity index (χ0n) is 12.0. The van der Waals surface area contributed by atoms with E-state index in [4.69, 9.17) is 9.47 Å². The van der Waals surface area contributed by atoms with Gasteiger partial charge in [0.2, 0.25) is 5.91 Å². The van der Waals surface area contributed by atoms with Gasteiger partial charge in [0.05, 0.1) is 19.8 Å². The highest BCUT2D eigenvalue weighted by Crippen LogP contribution is 2.69. The lowest BCUT2D eigenvalue weighted by Gasteiger charge is -2.32. The van der Waals surface area contributed by atoms with Crippen molar-refractivity contribution in [3.63, 3.8) is 0 Å². The van der Waals surface area contributed by atoms with Crippen LogP contribution in [0.1, 0.15) is 24.9 Å². The van der Waals surface area contributed by atoms with Crippen LogP contribution < -0.4 is 0 Å². The van der Waals surface area contributed by atoms with Crippen molar-refractivity contribution >= 4 is 11.9 Å². The summed E-state index contributed by atoms with van der Waals surface area (Å²) in [5.41, 5.74) is -0.654. The predicted octanol–water partition coefficient (Wildman–Crippen LogP) is 1.50. The number of rotatable bonds is 2. The highest BCUT2D eigenvalue weighted by molar-refractivity contribution is 6.09. The Kier molecular flexibility index (Phi) is 2.35. The first-order valence-electron chi connectivity index (χ1n) is 7.17. The molecule has 3 fully saturated rings. The van der Waals surface area contributed by atoms with Crippen LogP contribution in [0.5, 0.6) is 0 Å². The number of benzene rings is 1. The van der Waals surface area contributed by atoms with Gasteiger partial charge in [-0.15, -0.1) is 0 Å². The number of amides is 1. The Balaban J connectivity index is 1.74. The number of esters is 1. The second-order valence-electron chi connectivity index (χ2n) is 6.19. The van der Waals surface area contributed by atoms with Crippen LogP contribution in [0.25, 0.3) is 0 Å². The third-order valence-electron chi connectivity index (χ3n) is 5.27. The number of carbonyl (C=O) groups is 2. The molecule has 1 amide bonds. The second kappa shape index (κ2) is 3.85. The summed E-state index contributed by atoms with van der Waals surface area (Å²) in [5, 5.41) is 0. The third kappa shape index (κ3) is 1.35. The van der Waals surface area contributed by atoms with Crippen LogP contribution in [0.3, 0.4) is 0 Å². The number of hydrogen-bond donors (Lipinski definition) is 0. The maximum absolute atomic E-state index is 12.9. The average molecular weight is 287 g/mol. The smallest absolute Gasteiger partial charge is 0.321 e. The van der Waals surface area contributed by atoms with Gasteiger partial charge in [0.1, 0.15) is 5.72 Å². The van der Waals surface area contributed by atoms with Crippen LogP contribution >= 0.6 is 0 Å². The molecule has 4 rings (SSSR count). The van der Waals surface area contributed by atoms with Gasteiger partial charge in [0.25, 0.3) is 0 Å². The number of methoxy groups -OCH3 is 1. The normalized spacial score (nSPS) is 39.9. The number of carbonyl (C=O) groups excluding carboxylic acids is 2. The lowest BCUT2D eigenvalue weighted by atomic mass is 10.0. The molecule has 0 radical (unpaired) electrons. The molecular weight excluding hydrogens is 270 g/mol. The largest absolute Gasteiger partial charge is 0.468 e. The summed E-state index contributed by atoms with van der Waals surface area (Å²) in [6, 6.07) is 9.68. The van der Waals surface area contributed by atoms with Crippen molar-refractivity contribution in [3.8, 4) is 0 Å². The Labute approximate surface area is 122 Å². The number of piperidine rings is 1. The fraction of sp³-hybridized carbons (Fsp3) is 0.500. The van der Waals surface area contributed by atoms with E-state index in [0.717, 1.165) is 5.56 Å². The van der Waals surface area contributed by atoms with Gasteiger partial charge in [0.15, 0.2) is 5.41 Å². The second-order valence-corrected chi connectivity index (χ2v) is 6.19. The summed E-state index contributed by atoms with van der Waals surface area (Å²) in [6.45, 7) is 2.39. The zero-order valence-corrected chi connectivity index (χ0v) is 12.0. The van der Waals surface area contributed by atoms with Gasteiger partial charge in [-0.05, 0) is 18.9 Å². The van der Waals surface area contributed by atoms with Crippen molar-refractivity contribution in [1.82, 2.24) is 4.90 Å². The quantitative estimate of drug-likeness (QED) is 0.611. The molecule has 0 bridgehead atoms. The van der Waals surface area contributed by atoms with Gasteiger partial charge in [-0.2, -0.15) is 0 Å². The van der Waals surface area contributed by atoms with Crippen LogP contribution in [0.15, 0.2) is 30.3 Å². The Hall–Kier alpha value is -1.88. The third-order valence-corrected chi connectivity index (χ3v) is 5.27. The molecule has 1 saturated carbocycles. The Morgan fingerprint density at radius 3 is 2.76 bits per heavy atom. The molecule has 2 aliphatic heterocycles. The molecule has 21 heavy (non-hydrogen) atoms. The molecule has 4 atom stereocenters. The number of fused-ring (bicyclic) bond motifs is 3. The molecule has 1 aromatic rings. The minimum atomic E-state index is -1.00. The van der Waals surface area contributed by atoms with Gasteiger partial charge in [-0.25, -0.2) is 0 Å². The van der Waals surface area contributed by atoms with Crippen LogP contribution in [0.4, 0.5) is 0 Å². The van der Waals surface area contributed by atoms with Crippen LogP contribution in [0, 0.1) is 11.3 Å². The van der Waals surface area contributed by atoms with Gasteiger partial charge in [-0.1, -0.05) is 30.3 Å². The van der Waals surface area contributed by atoms with E-state index < -0.39 is 17.1 Å². The molecule has 0 aromatic heterocycles. The fourth-order valence-electron chi connectivity index (χ4n) is 4.09. The lowest BCUT2D eigenvalue weighted by molar-refractivity contribution is -0.155. The predicted molar refractivity (Wildman–Crippen MR) is 72.9 cm³/mol. The van der Waals surface area contributed by atoms with E-state index >= 15 is 0 Å². The average Bonchev–Trinajstić information content (AvgIpc) is 3.14. The fourth-order valence-corrected chi connectivity index (χ4v) is 4.09. The van der Waals surface area contributed by atoms with E-state index in [2.05, 4.69) is 0 Å². The van der Waals surface area contributed by atoms with Crippen molar-refractivity contribution < 1.29 is 19.1 Å². The van der Waals surface area contributed by atoms with Gasteiger partial charge in [-0.3, -0.25) is 9.59 Å². The molecule has 0 spiro atoms. The zero-order chi connectivity index (χ0) is 14.8. The van der Waals surface area contributed by atoms with E-state index in [1.54, 1.807) is 4.90 Å². The first-order valence-corrected chi connectivity index (χ1v) is 7.17. The summed E-state index contributed by atoms with van der Waals surface area (Å²) in [5.74, 6) is -0.671. The summed E-state index contributed by atoms with van der Waals surface area (Å²) < 4.78 is 10.8. The summed E-state index contributed by atoms with van der Waals surface area (Å²) >= 11 is 0. The Bertz CT molecular complexity index is 630. The molecule has 2 saturated heterocycles. The first-order chi connectivity index (χ1) is 10.1. The SMILES string of the molecule is COC(=O)[C@]12C[C@H]1[C@@]1(C)OC[C@H](c3ccccc3)N1C2=O. The summed E-state index contributed by atoms with van der Waals surface area (Å²) in [6.07, 6.45) is 0.535. The number of nitrogens with zero attached hydrogens (tertiary/aromatic N) is 1. The van der Waals surface area contributed by atoms with E-state index in [9.17, 15) is 9.59 Å². The van der Waals surface area contributed by atoms with Gasteiger partial charge in [0, 0.05) is 5.92 Å². The molecule has 5 heteroatoms. The van der Waals surface area contributed by atoms with Crippen molar-refractivity contribution in [2.45, 2.75) is 25.1 Å². The van der Waals surface area contributed by atoms with Crippen LogP contribution in [-0.2, 0) is 19.1 Å². The summed E-state index contributed by atoms with van der Waals surface area (Å²) in [7, 11) is 1.33. The maximum atomic E-state index is 12.9. The van der Waals surface area contributed by atoms with E-state index in [1.165, 1.54) is 7.11 Å². The molecule has 2 heterocycles. The molecule has 1 aliphatic carbocycles. The number of ether oxygens (including phenoxy) is 2. The first kappa shape index (κ1) is 12.8. The van der Waals surface area contributed by atoms with Crippen molar-refractivity contribution in [3.05, 3.63) is 35.9 Å². The molecule has 5 nitrogen and oxygen atoms in total. The minimum Gasteiger partial charge on any atom is -0.468 e. The van der Waals surface area contributed by atoms with Crippen LogP contribution in [0.2, 0.25) is 0 Å². The lowest BCUT2D eigenvalue weighted by Crippen LogP contribution is -2.44. The standard InChI is InChI=1S/C16H17NO4/c1-15-12-8-16(12,14(19)20-2)13(18)17(15)11(9-21-15)10-6-4-3-5-7-10/h3-7,11-12H,8-9H2,1-2H3/t11-,12+,15-,16-/m1/s1. The minimum absolute atomic E-state index is 0.0985. The van der Waals surface area contributed by atoms with Crippen molar-refractivity contribution in [2.75, 3.05) is 13.7 Å². The van der Waals surface area contributed by atoms with Gasteiger partial charge >= 0.3 is 5.97 Å². The van der Waals surface area contributed by atoms with E-state index in [1.807, 2.05) is 37.3 Å². The molecule has 0 unspecified atom stereocenters.